The standard InChI is InChI=1S/C9H12ClN3OS.ClH/c1-6-4-12-9(13-8(6)10)15(14)7-2-3-11-5-7;/h4,7,11H,2-3,5H2,1H3;1H/t7-,15?;/m0./s1. The van der Waals surface area contributed by atoms with E-state index < -0.39 is 10.8 Å². The summed E-state index contributed by atoms with van der Waals surface area (Å²) in [6.45, 7) is 3.50. The fraction of sp³-hybridized carbons (Fsp3) is 0.556. The van der Waals surface area contributed by atoms with E-state index >= 15 is 0 Å². The molecule has 2 rings (SSSR count). The average molecular weight is 282 g/mol. The molecule has 1 saturated heterocycles. The van der Waals surface area contributed by atoms with Crippen molar-refractivity contribution in [3.05, 3.63) is 16.9 Å². The summed E-state index contributed by atoms with van der Waals surface area (Å²) >= 11 is 5.86. The Labute approximate surface area is 108 Å². The van der Waals surface area contributed by atoms with Gasteiger partial charge in [0.1, 0.15) is 5.15 Å². The lowest BCUT2D eigenvalue weighted by molar-refractivity contribution is 0.664. The van der Waals surface area contributed by atoms with Crippen molar-refractivity contribution in [3.63, 3.8) is 0 Å². The van der Waals surface area contributed by atoms with Gasteiger partial charge in [-0.05, 0) is 19.9 Å². The van der Waals surface area contributed by atoms with Crippen LogP contribution >= 0.6 is 24.0 Å². The summed E-state index contributed by atoms with van der Waals surface area (Å²) in [6, 6.07) is 0. The third-order valence-electron chi connectivity index (χ3n) is 2.39. The molecule has 0 radical (unpaired) electrons. The van der Waals surface area contributed by atoms with Crippen LogP contribution in [0, 0.1) is 6.92 Å². The Morgan fingerprint density at radius 1 is 1.62 bits per heavy atom. The molecule has 16 heavy (non-hydrogen) atoms. The molecule has 2 atom stereocenters. The van der Waals surface area contributed by atoms with E-state index in [0.717, 1.165) is 25.1 Å². The molecule has 0 aliphatic carbocycles. The van der Waals surface area contributed by atoms with E-state index in [1.165, 1.54) is 0 Å². The van der Waals surface area contributed by atoms with E-state index in [1.54, 1.807) is 6.20 Å². The molecule has 0 amide bonds. The molecule has 0 bridgehead atoms. The third-order valence-corrected chi connectivity index (χ3v) is 4.33. The Hall–Kier alpha value is -0.230. The molecule has 1 N–H and O–H groups in total. The Kier molecular flexibility index (Phi) is 5.11. The molecule has 0 spiro atoms. The van der Waals surface area contributed by atoms with Gasteiger partial charge < -0.3 is 5.32 Å². The minimum atomic E-state index is -1.15. The van der Waals surface area contributed by atoms with Gasteiger partial charge in [0, 0.05) is 18.3 Å². The van der Waals surface area contributed by atoms with Crippen molar-refractivity contribution in [2.45, 2.75) is 23.8 Å². The highest BCUT2D eigenvalue weighted by Crippen LogP contribution is 2.16. The van der Waals surface area contributed by atoms with Crippen molar-refractivity contribution < 1.29 is 4.21 Å². The van der Waals surface area contributed by atoms with Crippen molar-refractivity contribution in [2.75, 3.05) is 13.1 Å². The summed E-state index contributed by atoms with van der Waals surface area (Å²) in [5.41, 5.74) is 0.807. The van der Waals surface area contributed by atoms with Gasteiger partial charge in [-0.2, -0.15) is 0 Å². The lowest BCUT2D eigenvalue weighted by Crippen LogP contribution is -2.20. The van der Waals surface area contributed by atoms with Crippen molar-refractivity contribution >= 4 is 34.8 Å². The maximum Gasteiger partial charge on any atom is 0.220 e. The van der Waals surface area contributed by atoms with Crippen LogP contribution in [0.3, 0.4) is 0 Å². The quantitative estimate of drug-likeness (QED) is 0.657. The zero-order valence-electron chi connectivity index (χ0n) is 8.77. The number of nitrogens with zero attached hydrogens (tertiary/aromatic N) is 2. The number of nitrogens with one attached hydrogen (secondary N) is 1. The maximum absolute atomic E-state index is 12.0. The number of aryl methyl sites for hydroxylation is 1. The normalized spacial score (nSPS) is 21.5. The molecular weight excluding hydrogens is 269 g/mol. The molecule has 1 aliphatic rings. The van der Waals surface area contributed by atoms with Gasteiger partial charge >= 0.3 is 0 Å². The molecule has 4 nitrogen and oxygen atoms in total. The summed E-state index contributed by atoms with van der Waals surface area (Å²) < 4.78 is 12.0. The van der Waals surface area contributed by atoms with Gasteiger partial charge in [0.05, 0.1) is 16.0 Å². The molecule has 0 saturated carbocycles. The summed E-state index contributed by atoms with van der Waals surface area (Å²) in [5.74, 6) is 0. The zero-order valence-corrected chi connectivity index (χ0v) is 11.2. The van der Waals surface area contributed by atoms with Crippen LogP contribution in [-0.4, -0.2) is 32.5 Å². The predicted octanol–water partition coefficient (Wildman–Crippen LogP) is 1.33. The van der Waals surface area contributed by atoms with Gasteiger partial charge in [-0.25, -0.2) is 9.97 Å². The monoisotopic (exact) mass is 281 g/mol. The molecule has 1 aliphatic heterocycles. The summed E-state index contributed by atoms with van der Waals surface area (Å²) in [6.07, 6.45) is 2.52. The first-order valence-corrected chi connectivity index (χ1v) is 6.38. The summed E-state index contributed by atoms with van der Waals surface area (Å²) in [4.78, 5) is 8.10. The Bertz CT molecular complexity index is 396. The number of hydrogen-bond donors (Lipinski definition) is 1. The first kappa shape index (κ1) is 13.8. The van der Waals surface area contributed by atoms with Gasteiger partial charge in [-0.3, -0.25) is 4.21 Å². The van der Waals surface area contributed by atoms with Crippen LogP contribution in [0.4, 0.5) is 0 Å². The first-order valence-electron chi connectivity index (χ1n) is 4.79. The molecule has 90 valence electrons. The molecule has 7 heteroatoms. The molecule has 1 unspecified atom stereocenters. The topological polar surface area (TPSA) is 54.9 Å². The fourth-order valence-electron chi connectivity index (χ4n) is 1.46. The summed E-state index contributed by atoms with van der Waals surface area (Å²) in [7, 11) is -1.15. The number of halogens is 2. The summed E-state index contributed by atoms with van der Waals surface area (Å²) in [5, 5.41) is 4.02. The van der Waals surface area contributed by atoms with Crippen LogP contribution in [-0.2, 0) is 10.8 Å². The molecule has 1 aromatic rings. The van der Waals surface area contributed by atoms with Crippen LogP contribution in [0.5, 0.6) is 0 Å². The number of aromatic nitrogens is 2. The van der Waals surface area contributed by atoms with E-state index in [9.17, 15) is 4.21 Å². The molecular formula is C9H13Cl2N3OS. The lowest BCUT2D eigenvalue weighted by Gasteiger charge is -2.07. The predicted molar refractivity (Wildman–Crippen MR) is 66.7 cm³/mol. The SMILES string of the molecule is Cc1cnc(S(=O)[C@H]2CCNC2)nc1Cl.Cl. The van der Waals surface area contributed by atoms with Gasteiger partial charge in [-0.1, -0.05) is 11.6 Å². The highest BCUT2D eigenvalue weighted by atomic mass is 35.5. The highest BCUT2D eigenvalue weighted by molar-refractivity contribution is 7.85. The van der Waals surface area contributed by atoms with Crippen LogP contribution in [0.15, 0.2) is 11.4 Å². The maximum atomic E-state index is 12.0. The second-order valence-corrected chi connectivity index (χ2v) is 5.52. The molecule has 2 heterocycles. The van der Waals surface area contributed by atoms with E-state index in [-0.39, 0.29) is 17.7 Å². The molecule has 0 aromatic carbocycles. The Morgan fingerprint density at radius 3 is 2.94 bits per heavy atom. The smallest absolute Gasteiger partial charge is 0.220 e. The largest absolute Gasteiger partial charge is 0.315 e. The molecule has 1 aromatic heterocycles. The number of hydrogen-bond acceptors (Lipinski definition) is 4. The van der Waals surface area contributed by atoms with Crippen molar-refractivity contribution in [3.8, 4) is 0 Å². The second-order valence-electron chi connectivity index (χ2n) is 3.54. The third kappa shape index (κ3) is 2.91. The van der Waals surface area contributed by atoms with Crippen molar-refractivity contribution in [2.24, 2.45) is 0 Å². The first-order chi connectivity index (χ1) is 7.18. The molecule has 1 fully saturated rings. The fourth-order valence-corrected chi connectivity index (χ4v) is 2.88. The Balaban J connectivity index is 0.00000128. The second kappa shape index (κ2) is 5.91. The van der Waals surface area contributed by atoms with E-state index in [2.05, 4.69) is 15.3 Å². The van der Waals surface area contributed by atoms with Crippen LogP contribution in [0.25, 0.3) is 0 Å². The van der Waals surface area contributed by atoms with E-state index in [4.69, 9.17) is 11.6 Å². The number of rotatable bonds is 2. The van der Waals surface area contributed by atoms with Crippen LogP contribution < -0.4 is 5.32 Å². The minimum absolute atomic E-state index is 0. The zero-order chi connectivity index (χ0) is 10.8. The van der Waals surface area contributed by atoms with Gasteiger partial charge in [0.25, 0.3) is 0 Å². The lowest BCUT2D eigenvalue weighted by atomic mass is 10.4. The van der Waals surface area contributed by atoms with Gasteiger partial charge in [-0.15, -0.1) is 12.4 Å². The highest BCUT2D eigenvalue weighted by Gasteiger charge is 2.24. The van der Waals surface area contributed by atoms with Crippen LogP contribution in [0.1, 0.15) is 12.0 Å². The average Bonchev–Trinajstić information content (AvgIpc) is 2.74. The van der Waals surface area contributed by atoms with E-state index in [0.29, 0.717) is 10.3 Å². The van der Waals surface area contributed by atoms with Gasteiger partial charge in [0.2, 0.25) is 5.16 Å². The van der Waals surface area contributed by atoms with Crippen molar-refractivity contribution in [1.82, 2.24) is 15.3 Å². The van der Waals surface area contributed by atoms with E-state index in [1.807, 2.05) is 6.92 Å². The van der Waals surface area contributed by atoms with Crippen LogP contribution in [0.2, 0.25) is 5.15 Å². The Morgan fingerprint density at radius 2 is 2.38 bits per heavy atom. The van der Waals surface area contributed by atoms with Crippen molar-refractivity contribution in [1.29, 1.82) is 0 Å². The van der Waals surface area contributed by atoms with Gasteiger partial charge in [0.15, 0.2) is 0 Å². The minimum Gasteiger partial charge on any atom is -0.315 e.